The van der Waals surface area contributed by atoms with E-state index in [9.17, 15) is 0 Å². The van der Waals surface area contributed by atoms with Crippen molar-refractivity contribution in [2.24, 2.45) is 11.8 Å². The Morgan fingerprint density at radius 2 is 2.11 bits per heavy atom. The van der Waals surface area contributed by atoms with Crippen molar-refractivity contribution in [1.29, 1.82) is 0 Å². The molecule has 3 heteroatoms. The largest absolute Gasteiger partial charge is 0.370 e. The first-order valence-electron chi connectivity index (χ1n) is 7.65. The van der Waals surface area contributed by atoms with Crippen LogP contribution in [0.5, 0.6) is 0 Å². The summed E-state index contributed by atoms with van der Waals surface area (Å²) < 4.78 is 0. The van der Waals surface area contributed by atoms with Gasteiger partial charge in [0.25, 0.3) is 0 Å². The topological polar surface area (TPSA) is 28.2 Å². The SMILES string of the molecule is CC1CCN(c2cnccc2CNC2CC2)CC1C. The molecular weight excluding hydrogens is 234 g/mol. The number of hydrogen-bond donors (Lipinski definition) is 1. The minimum Gasteiger partial charge on any atom is -0.370 e. The lowest BCUT2D eigenvalue weighted by atomic mass is 9.88. The first-order chi connectivity index (χ1) is 9.24. The van der Waals surface area contributed by atoms with Crippen molar-refractivity contribution in [3.8, 4) is 0 Å². The molecule has 0 radical (unpaired) electrons. The standard InChI is InChI=1S/C16H25N3/c1-12-6-8-19(11-13(12)2)16-10-17-7-5-14(16)9-18-15-3-4-15/h5,7,10,12-13,15,18H,3-4,6,8-9,11H2,1-2H3. The summed E-state index contributed by atoms with van der Waals surface area (Å²) in [6, 6.07) is 2.94. The van der Waals surface area contributed by atoms with Gasteiger partial charge in [-0.15, -0.1) is 0 Å². The fraction of sp³-hybridized carbons (Fsp3) is 0.688. The number of rotatable bonds is 4. The van der Waals surface area contributed by atoms with Crippen LogP contribution in [0.15, 0.2) is 18.5 Å². The number of pyridine rings is 1. The average Bonchev–Trinajstić information content (AvgIpc) is 3.24. The van der Waals surface area contributed by atoms with Crippen molar-refractivity contribution in [3.05, 3.63) is 24.0 Å². The third-order valence-corrected chi connectivity index (χ3v) is 4.72. The summed E-state index contributed by atoms with van der Waals surface area (Å²) >= 11 is 0. The third-order valence-electron chi connectivity index (χ3n) is 4.72. The number of piperidine rings is 1. The third kappa shape index (κ3) is 3.08. The molecule has 3 rings (SSSR count). The molecule has 1 aliphatic heterocycles. The molecule has 19 heavy (non-hydrogen) atoms. The second-order valence-electron chi connectivity index (χ2n) is 6.35. The van der Waals surface area contributed by atoms with Crippen LogP contribution in [0, 0.1) is 11.8 Å². The van der Waals surface area contributed by atoms with Crippen molar-refractivity contribution >= 4 is 5.69 Å². The highest BCUT2D eigenvalue weighted by molar-refractivity contribution is 5.52. The van der Waals surface area contributed by atoms with Gasteiger partial charge in [-0.1, -0.05) is 13.8 Å². The Morgan fingerprint density at radius 1 is 1.26 bits per heavy atom. The van der Waals surface area contributed by atoms with Crippen molar-refractivity contribution in [2.45, 2.75) is 45.7 Å². The van der Waals surface area contributed by atoms with E-state index in [1.807, 2.05) is 12.4 Å². The highest BCUT2D eigenvalue weighted by Crippen LogP contribution is 2.29. The van der Waals surface area contributed by atoms with E-state index in [0.29, 0.717) is 0 Å². The molecule has 0 amide bonds. The molecule has 0 spiro atoms. The summed E-state index contributed by atoms with van der Waals surface area (Å²) in [5, 5.41) is 3.62. The van der Waals surface area contributed by atoms with Crippen LogP contribution in [0.25, 0.3) is 0 Å². The van der Waals surface area contributed by atoms with Crippen molar-refractivity contribution in [2.75, 3.05) is 18.0 Å². The summed E-state index contributed by atoms with van der Waals surface area (Å²) in [6.07, 6.45) is 7.96. The van der Waals surface area contributed by atoms with Gasteiger partial charge in [-0.25, -0.2) is 0 Å². The Hall–Kier alpha value is -1.09. The van der Waals surface area contributed by atoms with Crippen LogP contribution < -0.4 is 10.2 Å². The lowest BCUT2D eigenvalue weighted by Crippen LogP contribution is -2.39. The van der Waals surface area contributed by atoms with Crippen LogP contribution in [0.4, 0.5) is 5.69 Å². The van der Waals surface area contributed by atoms with Gasteiger partial charge in [-0.2, -0.15) is 0 Å². The van der Waals surface area contributed by atoms with Gasteiger partial charge in [0, 0.05) is 31.9 Å². The van der Waals surface area contributed by atoms with Crippen molar-refractivity contribution < 1.29 is 0 Å². The van der Waals surface area contributed by atoms with E-state index in [2.05, 4.69) is 35.1 Å². The Morgan fingerprint density at radius 3 is 2.84 bits per heavy atom. The van der Waals surface area contributed by atoms with Crippen LogP contribution in [-0.4, -0.2) is 24.1 Å². The summed E-state index contributed by atoms with van der Waals surface area (Å²) in [6.45, 7) is 8.08. The summed E-state index contributed by atoms with van der Waals surface area (Å²) in [7, 11) is 0. The number of aromatic nitrogens is 1. The zero-order chi connectivity index (χ0) is 13.2. The molecule has 2 unspecified atom stereocenters. The van der Waals surface area contributed by atoms with E-state index < -0.39 is 0 Å². The predicted octanol–water partition coefficient (Wildman–Crippen LogP) is 2.82. The molecule has 1 aromatic heterocycles. The molecule has 1 aromatic rings. The highest BCUT2D eigenvalue weighted by Gasteiger charge is 2.25. The van der Waals surface area contributed by atoms with Gasteiger partial charge < -0.3 is 10.2 Å². The maximum atomic E-state index is 4.34. The van der Waals surface area contributed by atoms with Crippen LogP contribution >= 0.6 is 0 Å². The number of nitrogens with zero attached hydrogens (tertiary/aromatic N) is 2. The highest BCUT2D eigenvalue weighted by atomic mass is 15.1. The zero-order valence-electron chi connectivity index (χ0n) is 12.1. The van der Waals surface area contributed by atoms with Crippen molar-refractivity contribution in [3.63, 3.8) is 0 Å². The summed E-state index contributed by atoms with van der Waals surface area (Å²) in [5.41, 5.74) is 2.75. The van der Waals surface area contributed by atoms with Crippen LogP contribution in [0.1, 0.15) is 38.7 Å². The second kappa shape index (κ2) is 5.49. The maximum absolute atomic E-state index is 4.34. The predicted molar refractivity (Wildman–Crippen MR) is 79.3 cm³/mol. The Kier molecular flexibility index (Phi) is 3.74. The van der Waals surface area contributed by atoms with E-state index in [-0.39, 0.29) is 0 Å². The summed E-state index contributed by atoms with van der Waals surface area (Å²) in [4.78, 5) is 6.87. The fourth-order valence-corrected chi connectivity index (χ4v) is 2.87. The van der Waals surface area contributed by atoms with Gasteiger partial charge in [-0.3, -0.25) is 4.98 Å². The monoisotopic (exact) mass is 259 g/mol. The molecule has 3 nitrogen and oxygen atoms in total. The molecule has 2 aliphatic rings. The summed E-state index contributed by atoms with van der Waals surface area (Å²) in [5.74, 6) is 1.62. The van der Waals surface area contributed by atoms with Gasteiger partial charge in [0.1, 0.15) is 0 Å². The van der Waals surface area contributed by atoms with Crippen molar-refractivity contribution in [1.82, 2.24) is 10.3 Å². The van der Waals surface area contributed by atoms with Gasteiger partial charge in [-0.05, 0) is 42.7 Å². The van der Waals surface area contributed by atoms with E-state index in [1.165, 1.54) is 43.6 Å². The molecule has 2 heterocycles. The molecule has 1 aliphatic carbocycles. The molecule has 0 aromatic carbocycles. The quantitative estimate of drug-likeness (QED) is 0.901. The van der Waals surface area contributed by atoms with Crippen LogP contribution in [-0.2, 0) is 6.54 Å². The van der Waals surface area contributed by atoms with E-state index in [4.69, 9.17) is 0 Å². The van der Waals surface area contributed by atoms with E-state index in [0.717, 1.165) is 24.4 Å². The number of anilines is 1. The fourth-order valence-electron chi connectivity index (χ4n) is 2.87. The first-order valence-corrected chi connectivity index (χ1v) is 7.65. The first kappa shape index (κ1) is 12.9. The number of hydrogen-bond acceptors (Lipinski definition) is 3. The maximum Gasteiger partial charge on any atom is 0.0598 e. The van der Waals surface area contributed by atoms with E-state index in [1.54, 1.807) is 0 Å². The molecule has 1 saturated heterocycles. The van der Waals surface area contributed by atoms with Crippen LogP contribution in [0.3, 0.4) is 0 Å². The minimum atomic E-state index is 0.765. The van der Waals surface area contributed by atoms with Gasteiger partial charge in [0.05, 0.1) is 11.9 Å². The van der Waals surface area contributed by atoms with E-state index >= 15 is 0 Å². The van der Waals surface area contributed by atoms with Gasteiger partial charge >= 0.3 is 0 Å². The number of nitrogens with one attached hydrogen (secondary N) is 1. The molecule has 2 fully saturated rings. The second-order valence-corrected chi connectivity index (χ2v) is 6.35. The Bertz CT molecular complexity index is 428. The lowest BCUT2D eigenvalue weighted by Gasteiger charge is -2.37. The smallest absolute Gasteiger partial charge is 0.0598 e. The Labute approximate surface area is 116 Å². The zero-order valence-corrected chi connectivity index (χ0v) is 12.1. The molecule has 2 atom stereocenters. The average molecular weight is 259 g/mol. The van der Waals surface area contributed by atoms with Crippen LogP contribution in [0.2, 0.25) is 0 Å². The molecule has 1 saturated carbocycles. The normalized spacial score (nSPS) is 27.6. The minimum absolute atomic E-state index is 0.765. The lowest BCUT2D eigenvalue weighted by molar-refractivity contribution is 0.323. The molecule has 0 bridgehead atoms. The Balaban J connectivity index is 1.71. The molecule has 1 N–H and O–H groups in total. The molecule has 104 valence electrons. The van der Waals surface area contributed by atoms with Gasteiger partial charge in [0.15, 0.2) is 0 Å². The molecular formula is C16H25N3. The van der Waals surface area contributed by atoms with Gasteiger partial charge in [0.2, 0.25) is 0 Å².